The van der Waals surface area contributed by atoms with E-state index >= 15 is 0 Å². The molecule has 1 aliphatic carbocycles. The molecule has 2 fully saturated rings. The maximum atomic E-state index is 12.6. The maximum Gasteiger partial charge on any atom is 0.225 e. The fourth-order valence-electron chi connectivity index (χ4n) is 5.66. The van der Waals surface area contributed by atoms with Crippen molar-refractivity contribution < 1.29 is 9.21 Å². The second-order valence-electron chi connectivity index (χ2n) is 10.3. The van der Waals surface area contributed by atoms with Crippen LogP contribution in [0.1, 0.15) is 24.8 Å². The van der Waals surface area contributed by atoms with Crippen LogP contribution in [0.2, 0.25) is 0 Å². The fraction of sp³-hybridized carbons (Fsp3) is 0.258. The number of rotatable bonds is 5. The molecule has 37 heavy (non-hydrogen) atoms. The number of hydrogen-bond acceptors (Lipinski definition) is 4. The van der Waals surface area contributed by atoms with Crippen LogP contribution in [-0.2, 0) is 11.3 Å². The largest absolute Gasteiger partial charge is 0.464 e. The summed E-state index contributed by atoms with van der Waals surface area (Å²) >= 11 is 0. The van der Waals surface area contributed by atoms with Gasteiger partial charge < -0.3 is 13.9 Å². The lowest BCUT2D eigenvalue weighted by Crippen LogP contribution is -2.30. The van der Waals surface area contributed by atoms with Crippen LogP contribution in [0.5, 0.6) is 0 Å². The van der Waals surface area contributed by atoms with Gasteiger partial charge in [-0.25, -0.2) is 4.98 Å². The third-order valence-corrected chi connectivity index (χ3v) is 7.78. The van der Waals surface area contributed by atoms with Crippen LogP contribution in [0.3, 0.4) is 0 Å². The molecule has 0 spiro atoms. The molecule has 3 aromatic carbocycles. The van der Waals surface area contributed by atoms with Crippen molar-refractivity contribution in [2.45, 2.75) is 25.8 Å². The first-order valence-corrected chi connectivity index (χ1v) is 12.9. The smallest absolute Gasteiger partial charge is 0.225 e. The van der Waals surface area contributed by atoms with E-state index in [1.807, 2.05) is 35.2 Å². The zero-order valence-corrected chi connectivity index (χ0v) is 20.4. The van der Waals surface area contributed by atoms with Crippen LogP contribution in [0.15, 0.2) is 77.4 Å². The Morgan fingerprint density at radius 1 is 1.00 bits per heavy atom. The van der Waals surface area contributed by atoms with Crippen molar-refractivity contribution in [2.75, 3.05) is 13.1 Å². The van der Waals surface area contributed by atoms with Gasteiger partial charge in [-0.15, -0.1) is 0 Å². The summed E-state index contributed by atoms with van der Waals surface area (Å²) in [6.07, 6.45) is 4.76. The second-order valence-corrected chi connectivity index (χ2v) is 10.3. The third kappa shape index (κ3) is 3.88. The van der Waals surface area contributed by atoms with Crippen LogP contribution in [0, 0.1) is 23.2 Å². The number of aromatic nitrogens is 2. The lowest BCUT2D eigenvalue weighted by molar-refractivity contribution is -0.131. The van der Waals surface area contributed by atoms with Gasteiger partial charge in [0.25, 0.3) is 0 Å². The zero-order valence-electron chi connectivity index (χ0n) is 20.4. The van der Waals surface area contributed by atoms with Crippen molar-refractivity contribution in [3.05, 3.63) is 78.6 Å². The molecule has 0 bridgehead atoms. The summed E-state index contributed by atoms with van der Waals surface area (Å²) < 4.78 is 7.68. The van der Waals surface area contributed by atoms with E-state index in [1.165, 1.54) is 0 Å². The van der Waals surface area contributed by atoms with Crippen LogP contribution < -0.4 is 0 Å². The summed E-state index contributed by atoms with van der Waals surface area (Å²) in [5, 5.41) is 10.9. The Bertz CT molecular complexity index is 1680. The molecule has 182 valence electrons. The molecular weight excluding hydrogens is 460 g/mol. The lowest BCUT2D eigenvalue weighted by Gasteiger charge is -2.18. The molecule has 2 aromatic heterocycles. The van der Waals surface area contributed by atoms with E-state index < -0.39 is 0 Å². The Balaban J connectivity index is 1.24. The number of likely N-dealkylation sites (tertiary alicyclic amines) is 1. The number of benzene rings is 3. The minimum Gasteiger partial charge on any atom is -0.464 e. The second kappa shape index (κ2) is 8.63. The van der Waals surface area contributed by atoms with Crippen LogP contribution in [-0.4, -0.2) is 33.4 Å². The summed E-state index contributed by atoms with van der Waals surface area (Å²) in [5.74, 6) is 1.77. The highest BCUT2D eigenvalue weighted by Crippen LogP contribution is 2.35. The monoisotopic (exact) mass is 486 g/mol. The summed E-state index contributed by atoms with van der Waals surface area (Å²) in [6, 6.07) is 24.7. The molecule has 0 radical (unpaired) electrons. The highest BCUT2D eigenvalue weighted by molar-refractivity contribution is 5.87. The number of hydrogen-bond donors (Lipinski definition) is 0. The first-order valence-electron chi connectivity index (χ1n) is 12.9. The van der Waals surface area contributed by atoms with Crippen molar-refractivity contribution in [3.63, 3.8) is 0 Å². The lowest BCUT2D eigenvalue weighted by atomic mass is 10.0. The van der Waals surface area contributed by atoms with E-state index in [1.54, 1.807) is 6.26 Å². The average molecular weight is 487 g/mol. The molecule has 1 aliphatic heterocycles. The Kier molecular flexibility index (Phi) is 5.10. The highest BCUT2D eigenvalue weighted by atomic mass is 16.3. The SMILES string of the molecule is N#Cc1cccc2nc(-c3ccc(-c4ccc5occc5c4)cc3)n(CC3CCN(C(=O)C4CC4)C3)c12. The third-order valence-electron chi connectivity index (χ3n) is 7.78. The predicted octanol–water partition coefficient (Wildman–Crippen LogP) is 6.25. The van der Waals surface area contributed by atoms with Gasteiger partial charge in [-0.3, -0.25) is 4.79 Å². The fourth-order valence-corrected chi connectivity index (χ4v) is 5.66. The van der Waals surface area contributed by atoms with Crippen molar-refractivity contribution in [1.29, 1.82) is 5.26 Å². The van der Waals surface area contributed by atoms with Crippen molar-refractivity contribution in [2.24, 2.45) is 11.8 Å². The van der Waals surface area contributed by atoms with Gasteiger partial charge in [-0.05, 0) is 66.6 Å². The van der Waals surface area contributed by atoms with Crippen molar-refractivity contribution in [1.82, 2.24) is 14.5 Å². The Morgan fingerprint density at radius 2 is 1.81 bits per heavy atom. The number of nitrogens with zero attached hydrogens (tertiary/aromatic N) is 4. The standard InChI is InChI=1S/C31H26N4O2/c32-17-26-2-1-3-27-29(26)35(19-20-12-14-34(18-20)31(36)23-8-9-23)30(33-27)22-6-4-21(5-7-22)24-10-11-28-25(16-24)13-15-37-28/h1-7,10-11,13,15-16,20,23H,8-9,12,14,18-19H2. The predicted molar refractivity (Wildman–Crippen MR) is 143 cm³/mol. The van der Waals surface area contributed by atoms with Gasteiger partial charge in [-0.2, -0.15) is 5.26 Å². The summed E-state index contributed by atoms with van der Waals surface area (Å²) in [5.41, 5.74) is 6.48. The van der Waals surface area contributed by atoms with Crippen LogP contribution in [0.25, 0.3) is 44.5 Å². The quantitative estimate of drug-likeness (QED) is 0.294. The van der Waals surface area contributed by atoms with E-state index in [4.69, 9.17) is 9.40 Å². The summed E-state index contributed by atoms with van der Waals surface area (Å²) in [6.45, 7) is 2.33. The number of amides is 1. The molecule has 3 heterocycles. The number of carbonyl (C=O) groups is 1. The first-order chi connectivity index (χ1) is 18.2. The van der Waals surface area contributed by atoms with Gasteiger partial charge in [0.05, 0.1) is 22.9 Å². The summed E-state index contributed by atoms with van der Waals surface area (Å²) in [4.78, 5) is 19.6. The number of nitriles is 1. The normalized spacial score (nSPS) is 17.5. The Morgan fingerprint density at radius 3 is 2.62 bits per heavy atom. The molecular formula is C31H26N4O2. The average Bonchev–Trinajstić information content (AvgIpc) is 3.32. The molecule has 1 saturated carbocycles. The molecule has 1 atom stereocenters. The molecule has 6 nitrogen and oxygen atoms in total. The molecule has 2 aliphatic rings. The highest BCUT2D eigenvalue weighted by Gasteiger charge is 2.37. The van der Waals surface area contributed by atoms with Gasteiger partial charge in [0, 0.05) is 36.5 Å². The molecule has 1 unspecified atom stereocenters. The number of imidazole rings is 1. The summed E-state index contributed by atoms with van der Waals surface area (Å²) in [7, 11) is 0. The molecule has 1 amide bonds. The molecule has 1 saturated heterocycles. The first kappa shape index (κ1) is 21.9. The van der Waals surface area contributed by atoms with Gasteiger partial charge >= 0.3 is 0 Å². The number of furan rings is 1. The van der Waals surface area contributed by atoms with Gasteiger partial charge in [0.2, 0.25) is 5.91 Å². The maximum absolute atomic E-state index is 12.6. The number of para-hydroxylation sites is 1. The Hall–Kier alpha value is -4.37. The van der Waals surface area contributed by atoms with Crippen molar-refractivity contribution >= 4 is 27.9 Å². The van der Waals surface area contributed by atoms with Crippen molar-refractivity contribution in [3.8, 4) is 28.6 Å². The topological polar surface area (TPSA) is 75.1 Å². The van der Waals surface area contributed by atoms with Gasteiger partial charge in [-0.1, -0.05) is 36.4 Å². The number of carbonyl (C=O) groups excluding carboxylic acids is 1. The molecule has 7 rings (SSSR count). The van der Waals surface area contributed by atoms with E-state index in [0.717, 1.165) is 83.4 Å². The van der Waals surface area contributed by atoms with E-state index in [2.05, 4.69) is 47.0 Å². The molecule has 0 N–H and O–H groups in total. The Labute approximate surface area is 214 Å². The van der Waals surface area contributed by atoms with Crippen LogP contribution in [0.4, 0.5) is 0 Å². The van der Waals surface area contributed by atoms with Gasteiger partial charge in [0.15, 0.2) is 0 Å². The molecule has 5 aromatic rings. The van der Waals surface area contributed by atoms with E-state index in [-0.39, 0.29) is 5.92 Å². The van der Waals surface area contributed by atoms with Gasteiger partial charge in [0.1, 0.15) is 17.5 Å². The number of fused-ring (bicyclic) bond motifs is 2. The molecule has 6 heteroatoms. The zero-order chi connectivity index (χ0) is 24.9. The van der Waals surface area contributed by atoms with E-state index in [9.17, 15) is 10.1 Å². The van der Waals surface area contributed by atoms with E-state index in [0.29, 0.717) is 17.4 Å². The minimum absolute atomic E-state index is 0.251. The van der Waals surface area contributed by atoms with Crippen LogP contribution >= 0.6 is 0 Å². The minimum atomic E-state index is 0.251.